The van der Waals surface area contributed by atoms with E-state index in [4.69, 9.17) is 5.73 Å². The van der Waals surface area contributed by atoms with Crippen LogP contribution >= 0.6 is 0 Å². The zero-order valence-corrected chi connectivity index (χ0v) is 10.8. The molecule has 4 nitrogen and oxygen atoms in total. The van der Waals surface area contributed by atoms with Crippen molar-refractivity contribution < 1.29 is 9.59 Å². The normalized spacial score (nSPS) is 34.4. The molecule has 2 atom stereocenters. The highest BCUT2D eigenvalue weighted by molar-refractivity contribution is 6.05. The van der Waals surface area contributed by atoms with Crippen LogP contribution in [0.4, 0.5) is 0 Å². The van der Waals surface area contributed by atoms with Crippen LogP contribution in [0, 0.1) is 17.8 Å². The van der Waals surface area contributed by atoms with Gasteiger partial charge in [-0.3, -0.25) is 14.5 Å². The Morgan fingerprint density at radius 1 is 1.00 bits per heavy atom. The van der Waals surface area contributed by atoms with Gasteiger partial charge in [0.2, 0.25) is 11.8 Å². The van der Waals surface area contributed by atoms with E-state index in [1.807, 2.05) is 0 Å². The maximum absolute atomic E-state index is 12.3. The van der Waals surface area contributed by atoms with Gasteiger partial charge in [0.15, 0.2) is 0 Å². The number of hydrogen-bond donors (Lipinski definition) is 1. The topological polar surface area (TPSA) is 63.4 Å². The number of nitrogens with zero attached hydrogens (tertiary/aromatic N) is 1. The third-order valence-electron chi connectivity index (χ3n) is 4.93. The minimum absolute atomic E-state index is 0.0460. The van der Waals surface area contributed by atoms with Crippen LogP contribution in [0.5, 0.6) is 0 Å². The van der Waals surface area contributed by atoms with Crippen molar-refractivity contribution in [2.24, 2.45) is 23.5 Å². The Morgan fingerprint density at radius 2 is 1.56 bits per heavy atom. The van der Waals surface area contributed by atoms with Crippen LogP contribution in [0.2, 0.25) is 0 Å². The summed E-state index contributed by atoms with van der Waals surface area (Å²) < 4.78 is 0. The maximum atomic E-state index is 12.3. The predicted molar refractivity (Wildman–Crippen MR) is 67.5 cm³/mol. The molecule has 2 aliphatic carbocycles. The molecule has 4 heteroatoms. The van der Waals surface area contributed by atoms with Crippen LogP contribution in [0.25, 0.3) is 0 Å². The molecular weight excluding hydrogens is 228 g/mol. The van der Waals surface area contributed by atoms with Crippen LogP contribution < -0.4 is 5.73 Å². The van der Waals surface area contributed by atoms with Crippen molar-refractivity contribution in [1.82, 2.24) is 4.90 Å². The summed E-state index contributed by atoms with van der Waals surface area (Å²) in [4.78, 5) is 26.1. The molecule has 18 heavy (non-hydrogen) atoms. The van der Waals surface area contributed by atoms with E-state index < -0.39 is 0 Å². The smallest absolute Gasteiger partial charge is 0.233 e. The van der Waals surface area contributed by atoms with Gasteiger partial charge in [-0.2, -0.15) is 0 Å². The zero-order valence-electron chi connectivity index (χ0n) is 10.8. The van der Waals surface area contributed by atoms with Crippen molar-refractivity contribution >= 4 is 11.8 Å². The molecule has 3 rings (SSSR count). The van der Waals surface area contributed by atoms with Gasteiger partial charge in [-0.1, -0.05) is 19.3 Å². The molecule has 2 saturated carbocycles. The molecule has 0 aromatic carbocycles. The van der Waals surface area contributed by atoms with Crippen LogP contribution in [0.1, 0.15) is 44.9 Å². The van der Waals surface area contributed by atoms with Gasteiger partial charge in [0.05, 0.1) is 11.8 Å². The van der Waals surface area contributed by atoms with E-state index in [2.05, 4.69) is 0 Å². The first-order valence-electron chi connectivity index (χ1n) is 7.27. The molecule has 0 radical (unpaired) electrons. The summed E-state index contributed by atoms with van der Waals surface area (Å²) in [5, 5.41) is 0. The lowest BCUT2D eigenvalue weighted by Gasteiger charge is -2.26. The molecule has 0 aromatic rings. The van der Waals surface area contributed by atoms with Crippen molar-refractivity contribution in [2.45, 2.75) is 51.0 Å². The molecule has 1 aliphatic heterocycles. The van der Waals surface area contributed by atoms with Crippen molar-refractivity contribution in [3.05, 3.63) is 0 Å². The van der Waals surface area contributed by atoms with Gasteiger partial charge in [-0.05, 0) is 31.6 Å². The zero-order chi connectivity index (χ0) is 12.7. The van der Waals surface area contributed by atoms with Crippen molar-refractivity contribution in [1.29, 1.82) is 0 Å². The Labute approximate surface area is 108 Å². The highest BCUT2D eigenvalue weighted by atomic mass is 16.2. The van der Waals surface area contributed by atoms with E-state index in [1.165, 1.54) is 32.1 Å². The van der Waals surface area contributed by atoms with Gasteiger partial charge in [-0.15, -0.1) is 0 Å². The van der Waals surface area contributed by atoms with Crippen LogP contribution in [-0.2, 0) is 9.59 Å². The minimum atomic E-state index is -0.101. The molecule has 3 fully saturated rings. The largest absolute Gasteiger partial charge is 0.328 e. The second-order valence-electron chi connectivity index (χ2n) is 6.24. The Hall–Kier alpha value is -0.900. The fourth-order valence-electron chi connectivity index (χ4n) is 3.94. The third kappa shape index (κ3) is 1.96. The quantitative estimate of drug-likeness (QED) is 0.751. The van der Waals surface area contributed by atoms with E-state index in [-0.39, 0.29) is 29.7 Å². The number of imide groups is 1. The molecule has 1 saturated heterocycles. The average molecular weight is 250 g/mol. The fraction of sp³-hybridized carbons (Fsp3) is 0.857. The number of carbonyl (C=O) groups excluding carboxylic acids is 2. The SMILES string of the molecule is NC1C[C@H]2C(=O)N(CC3CCCCC3)C(=O)[C@@H]2C1. The second kappa shape index (κ2) is 4.65. The number of hydrogen-bond acceptors (Lipinski definition) is 3. The van der Waals surface area contributed by atoms with E-state index in [1.54, 1.807) is 4.90 Å². The fourth-order valence-corrected chi connectivity index (χ4v) is 3.94. The molecule has 100 valence electrons. The molecule has 2 N–H and O–H groups in total. The highest BCUT2D eigenvalue weighted by Gasteiger charge is 2.52. The Morgan fingerprint density at radius 3 is 2.11 bits per heavy atom. The summed E-state index contributed by atoms with van der Waals surface area (Å²) in [6, 6.07) is 0.0460. The number of rotatable bonds is 2. The first-order valence-corrected chi connectivity index (χ1v) is 7.27. The summed E-state index contributed by atoms with van der Waals surface area (Å²) in [6.07, 6.45) is 7.56. The Balaban J connectivity index is 1.67. The minimum Gasteiger partial charge on any atom is -0.328 e. The predicted octanol–water partition coefficient (Wildman–Crippen LogP) is 1.29. The second-order valence-corrected chi connectivity index (χ2v) is 6.24. The number of carbonyl (C=O) groups is 2. The number of likely N-dealkylation sites (tertiary alicyclic amines) is 1. The average Bonchev–Trinajstić information content (AvgIpc) is 2.85. The summed E-state index contributed by atoms with van der Waals surface area (Å²) in [5.41, 5.74) is 5.86. The van der Waals surface area contributed by atoms with Gasteiger partial charge in [0.25, 0.3) is 0 Å². The van der Waals surface area contributed by atoms with E-state index in [0.717, 1.165) is 0 Å². The van der Waals surface area contributed by atoms with Crippen LogP contribution in [0.3, 0.4) is 0 Å². The van der Waals surface area contributed by atoms with E-state index in [9.17, 15) is 9.59 Å². The van der Waals surface area contributed by atoms with Gasteiger partial charge in [0.1, 0.15) is 0 Å². The van der Waals surface area contributed by atoms with Crippen LogP contribution in [-0.4, -0.2) is 29.3 Å². The number of fused-ring (bicyclic) bond motifs is 1. The standard InChI is InChI=1S/C14H22N2O2/c15-10-6-11-12(7-10)14(18)16(13(11)17)8-9-4-2-1-3-5-9/h9-12H,1-8,15H2/t11-,12-/m1/s1. The van der Waals surface area contributed by atoms with Crippen molar-refractivity contribution in [3.8, 4) is 0 Å². The molecule has 2 amide bonds. The summed E-state index contributed by atoms with van der Waals surface area (Å²) in [6.45, 7) is 0.667. The van der Waals surface area contributed by atoms with Crippen molar-refractivity contribution in [2.75, 3.05) is 6.54 Å². The van der Waals surface area contributed by atoms with Gasteiger partial charge in [-0.25, -0.2) is 0 Å². The van der Waals surface area contributed by atoms with Gasteiger partial charge in [0, 0.05) is 12.6 Å². The summed E-state index contributed by atoms with van der Waals surface area (Å²) in [7, 11) is 0. The van der Waals surface area contributed by atoms with Gasteiger partial charge < -0.3 is 5.73 Å². The summed E-state index contributed by atoms with van der Waals surface area (Å²) >= 11 is 0. The number of nitrogens with two attached hydrogens (primary N) is 1. The molecule has 1 heterocycles. The lowest BCUT2D eigenvalue weighted by molar-refractivity contribution is -0.141. The Kier molecular flexibility index (Phi) is 3.14. The van der Waals surface area contributed by atoms with Gasteiger partial charge >= 0.3 is 0 Å². The monoisotopic (exact) mass is 250 g/mol. The molecule has 3 aliphatic rings. The summed E-state index contributed by atoms with van der Waals surface area (Å²) in [5.74, 6) is 0.457. The molecule has 0 unspecified atom stereocenters. The number of amides is 2. The van der Waals surface area contributed by atoms with Crippen LogP contribution in [0.15, 0.2) is 0 Å². The molecule has 0 bridgehead atoms. The first-order chi connectivity index (χ1) is 8.66. The molecule has 0 aromatic heterocycles. The molecular formula is C14H22N2O2. The first kappa shape index (κ1) is 12.2. The van der Waals surface area contributed by atoms with E-state index in [0.29, 0.717) is 25.3 Å². The van der Waals surface area contributed by atoms with E-state index >= 15 is 0 Å². The Bertz CT molecular complexity index is 339. The van der Waals surface area contributed by atoms with Crippen molar-refractivity contribution in [3.63, 3.8) is 0 Å². The third-order valence-corrected chi connectivity index (χ3v) is 4.93. The molecule has 0 spiro atoms. The highest BCUT2D eigenvalue weighted by Crippen LogP contribution is 2.40. The lowest BCUT2D eigenvalue weighted by atomic mass is 9.89. The lowest BCUT2D eigenvalue weighted by Crippen LogP contribution is -2.38. The maximum Gasteiger partial charge on any atom is 0.233 e.